The zero-order valence-corrected chi connectivity index (χ0v) is 22.8. The number of rotatable bonds is 9. The minimum absolute atomic E-state index is 0.297. The van der Waals surface area contributed by atoms with Gasteiger partial charge in [0.2, 0.25) is 0 Å². The highest BCUT2D eigenvalue weighted by Gasteiger charge is 2.47. The molecule has 1 spiro atoms. The molecule has 0 aliphatic carbocycles. The van der Waals surface area contributed by atoms with E-state index in [0.29, 0.717) is 61.9 Å². The summed E-state index contributed by atoms with van der Waals surface area (Å²) < 4.78 is 31.5. The molecule has 0 unspecified atom stereocenters. The maximum atomic E-state index is 13.6. The first kappa shape index (κ1) is 27.9. The number of carbonyl (C=O) groups excluding carboxylic acids is 1. The summed E-state index contributed by atoms with van der Waals surface area (Å²) in [5, 5.41) is 18.7. The lowest BCUT2D eigenvalue weighted by Gasteiger charge is -2.37. The number of likely N-dealkylation sites (tertiary alicyclic amines) is 1. The largest absolute Gasteiger partial charge is 0.493 e. The topological polar surface area (TPSA) is 91.7 Å². The molecule has 9 heteroatoms. The number of piperidine rings is 1. The Morgan fingerprint density at radius 1 is 0.950 bits per heavy atom. The van der Waals surface area contributed by atoms with E-state index >= 15 is 0 Å². The van der Waals surface area contributed by atoms with Gasteiger partial charge in [0.1, 0.15) is 22.9 Å². The van der Waals surface area contributed by atoms with Gasteiger partial charge in [0.25, 0.3) is 0 Å². The van der Waals surface area contributed by atoms with E-state index in [1.807, 2.05) is 26.0 Å². The molecular formula is C31H35FN2O6. The van der Waals surface area contributed by atoms with Crippen LogP contribution in [0.15, 0.2) is 60.7 Å². The molecule has 0 atom stereocenters. The fourth-order valence-corrected chi connectivity index (χ4v) is 5.46. The summed E-state index contributed by atoms with van der Waals surface area (Å²) in [7, 11) is 0. The molecular weight excluding hydrogens is 515 g/mol. The highest BCUT2D eigenvalue weighted by atomic mass is 19.1. The molecule has 2 aliphatic heterocycles. The van der Waals surface area contributed by atoms with Crippen LogP contribution < -0.4 is 14.4 Å². The predicted octanol–water partition coefficient (Wildman–Crippen LogP) is 5.26. The van der Waals surface area contributed by atoms with Crippen molar-refractivity contribution in [3.63, 3.8) is 0 Å². The molecule has 0 radical (unpaired) electrons. The normalized spacial score (nSPS) is 16.9. The average Bonchev–Trinajstić information content (AvgIpc) is 3.26. The van der Waals surface area contributed by atoms with Gasteiger partial charge in [-0.25, -0.2) is 9.18 Å². The number of hydrogen-bond acceptors (Lipinski definition) is 7. The average molecular weight is 551 g/mol. The van der Waals surface area contributed by atoms with Crippen LogP contribution in [0.5, 0.6) is 11.5 Å². The SMILES string of the molecule is CCOc1cc(CN2CCC3(CC2)CN(c2ccc(C(O)O)cc2)C(=O)O3)cc(OCC)c1-c1ccc(F)cc1. The fraction of sp³-hybridized carbons (Fsp3) is 0.387. The van der Waals surface area contributed by atoms with Crippen molar-refractivity contribution in [3.8, 4) is 22.6 Å². The van der Waals surface area contributed by atoms with E-state index in [2.05, 4.69) is 4.90 Å². The Hall–Kier alpha value is -3.66. The molecule has 1 amide bonds. The maximum absolute atomic E-state index is 13.6. The molecule has 2 saturated heterocycles. The minimum Gasteiger partial charge on any atom is -0.493 e. The van der Waals surface area contributed by atoms with Gasteiger partial charge in [0.15, 0.2) is 6.29 Å². The first-order valence-electron chi connectivity index (χ1n) is 13.7. The van der Waals surface area contributed by atoms with E-state index in [1.54, 1.807) is 41.3 Å². The van der Waals surface area contributed by atoms with E-state index in [1.165, 1.54) is 12.1 Å². The second-order valence-corrected chi connectivity index (χ2v) is 10.2. The third-order valence-corrected chi connectivity index (χ3v) is 7.51. The summed E-state index contributed by atoms with van der Waals surface area (Å²) in [6, 6.07) is 17.0. The van der Waals surface area contributed by atoms with Crippen LogP contribution in [0.25, 0.3) is 11.1 Å². The monoisotopic (exact) mass is 550 g/mol. The van der Waals surface area contributed by atoms with Crippen molar-refractivity contribution in [2.24, 2.45) is 0 Å². The lowest BCUT2D eigenvalue weighted by molar-refractivity contribution is -0.0424. The number of nitrogens with zero attached hydrogens (tertiary/aromatic N) is 2. The Morgan fingerprint density at radius 2 is 1.55 bits per heavy atom. The first-order chi connectivity index (χ1) is 19.3. The van der Waals surface area contributed by atoms with Crippen molar-refractivity contribution in [2.45, 2.75) is 45.1 Å². The number of halogens is 1. The number of hydrogen-bond donors (Lipinski definition) is 2. The van der Waals surface area contributed by atoms with Crippen molar-refractivity contribution in [1.29, 1.82) is 0 Å². The summed E-state index contributed by atoms with van der Waals surface area (Å²) in [6.07, 6.45) is -0.534. The number of amides is 1. The van der Waals surface area contributed by atoms with Gasteiger partial charge in [-0.3, -0.25) is 9.80 Å². The lowest BCUT2D eigenvalue weighted by Crippen LogP contribution is -2.46. The summed E-state index contributed by atoms with van der Waals surface area (Å²) in [5.41, 5.74) is 3.16. The van der Waals surface area contributed by atoms with Crippen LogP contribution >= 0.6 is 0 Å². The molecule has 0 aromatic heterocycles. The second-order valence-electron chi connectivity index (χ2n) is 10.2. The molecule has 3 aromatic carbocycles. The minimum atomic E-state index is -1.55. The van der Waals surface area contributed by atoms with Crippen LogP contribution in [0.4, 0.5) is 14.9 Å². The van der Waals surface area contributed by atoms with Crippen LogP contribution in [0.2, 0.25) is 0 Å². The molecule has 40 heavy (non-hydrogen) atoms. The molecule has 0 bridgehead atoms. The van der Waals surface area contributed by atoms with Gasteiger partial charge in [0.05, 0.1) is 25.3 Å². The van der Waals surface area contributed by atoms with Gasteiger partial charge in [-0.15, -0.1) is 0 Å². The number of aliphatic hydroxyl groups is 2. The molecule has 2 heterocycles. The standard InChI is InChI=1S/C31H35FN2O6/c1-3-38-26-17-21(18-27(39-4-2)28(26)22-5-9-24(32)10-6-22)19-33-15-13-31(14-16-33)20-34(30(37)40-31)25-11-7-23(8-12-25)29(35)36/h5-12,17-18,29,35-36H,3-4,13-16,19-20H2,1-2H3. The van der Waals surface area contributed by atoms with E-state index in [-0.39, 0.29) is 11.9 Å². The Morgan fingerprint density at radius 3 is 2.10 bits per heavy atom. The van der Waals surface area contributed by atoms with Gasteiger partial charge >= 0.3 is 6.09 Å². The third-order valence-electron chi connectivity index (χ3n) is 7.51. The highest BCUT2D eigenvalue weighted by molar-refractivity contribution is 5.90. The van der Waals surface area contributed by atoms with E-state index in [4.69, 9.17) is 14.2 Å². The van der Waals surface area contributed by atoms with Gasteiger partial charge < -0.3 is 24.4 Å². The number of benzene rings is 3. The summed E-state index contributed by atoms with van der Waals surface area (Å²) in [5.74, 6) is 1.10. The number of ether oxygens (including phenoxy) is 3. The molecule has 2 fully saturated rings. The Labute approximate surface area is 233 Å². The van der Waals surface area contributed by atoms with Crippen LogP contribution in [-0.2, 0) is 11.3 Å². The third kappa shape index (κ3) is 5.91. The van der Waals surface area contributed by atoms with Gasteiger partial charge in [-0.05, 0) is 61.4 Å². The van der Waals surface area contributed by atoms with E-state index < -0.39 is 11.9 Å². The van der Waals surface area contributed by atoms with Crippen LogP contribution in [0.1, 0.15) is 44.1 Å². The Balaban J connectivity index is 1.29. The molecule has 5 rings (SSSR count). The van der Waals surface area contributed by atoms with Crippen molar-refractivity contribution >= 4 is 11.8 Å². The van der Waals surface area contributed by atoms with Crippen molar-refractivity contribution in [3.05, 3.63) is 77.6 Å². The van der Waals surface area contributed by atoms with Gasteiger partial charge in [-0.1, -0.05) is 24.3 Å². The van der Waals surface area contributed by atoms with Gasteiger partial charge in [-0.2, -0.15) is 0 Å². The van der Waals surface area contributed by atoms with Crippen molar-refractivity contribution < 1.29 is 33.6 Å². The quantitative estimate of drug-likeness (QED) is 0.351. The fourth-order valence-electron chi connectivity index (χ4n) is 5.46. The summed E-state index contributed by atoms with van der Waals surface area (Å²) in [6.45, 7) is 7.48. The van der Waals surface area contributed by atoms with Crippen molar-refractivity contribution in [2.75, 3.05) is 37.7 Å². The predicted molar refractivity (Wildman–Crippen MR) is 149 cm³/mol. The van der Waals surface area contributed by atoms with Crippen LogP contribution in [0, 0.1) is 5.82 Å². The molecule has 8 nitrogen and oxygen atoms in total. The highest BCUT2D eigenvalue weighted by Crippen LogP contribution is 2.41. The smallest absolute Gasteiger partial charge is 0.415 e. The first-order valence-corrected chi connectivity index (χ1v) is 13.7. The lowest BCUT2D eigenvalue weighted by atomic mass is 9.91. The molecule has 2 N–H and O–H groups in total. The molecule has 0 saturated carbocycles. The Bertz CT molecular complexity index is 1290. The number of anilines is 1. The summed E-state index contributed by atoms with van der Waals surface area (Å²) in [4.78, 5) is 16.7. The molecule has 2 aliphatic rings. The molecule has 3 aromatic rings. The van der Waals surface area contributed by atoms with E-state index in [9.17, 15) is 19.4 Å². The number of aliphatic hydroxyl groups excluding tert-OH is 1. The second kappa shape index (κ2) is 11.8. The summed E-state index contributed by atoms with van der Waals surface area (Å²) >= 11 is 0. The Kier molecular flexibility index (Phi) is 8.25. The van der Waals surface area contributed by atoms with E-state index in [0.717, 1.165) is 29.8 Å². The molecule has 212 valence electrons. The van der Waals surface area contributed by atoms with Crippen LogP contribution in [0.3, 0.4) is 0 Å². The zero-order chi connectivity index (χ0) is 28.3. The van der Waals surface area contributed by atoms with Crippen molar-refractivity contribution in [1.82, 2.24) is 4.90 Å². The van der Waals surface area contributed by atoms with Gasteiger partial charge in [0, 0.05) is 43.7 Å². The number of carbonyl (C=O) groups is 1. The zero-order valence-electron chi connectivity index (χ0n) is 22.8. The van der Waals surface area contributed by atoms with Crippen LogP contribution in [-0.4, -0.2) is 59.7 Å². The maximum Gasteiger partial charge on any atom is 0.415 e.